The topological polar surface area (TPSA) is 103 Å². The van der Waals surface area contributed by atoms with Crippen molar-refractivity contribution < 1.29 is 14.4 Å². The number of nitrogens with zero attached hydrogens (tertiary/aromatic N) is 2. The van der Waals surface area contributed by atoms with Crippen LogP contribution >= 0.6 is 58.0 Å². The van der Waals surface area contributed by atoms with Gasteiger partial charge in [0.1, 0.15) is 11.5 Å². The van der Waals surface area contributed by atoms with Gasteiger partial charge in [0, 0.05) is 22.8 Å². The molecule has 0 radical (unpaired) electrons. The lowest BCUT2D eigenvalue weighted by atomic mass is 10.0. The lowest BCUT2D eigenvalue weighted by molar-refractivity contribution is -0.117. The minimum absolute atomic E-state index is 0.0736. The highest BCUT2D eigenvalue weighted by molar-refractivity contribution is 6.43. The minimum atomic E-state index is -0.484. The zero-order valence-corrected chi connectivity index (χ0v) is 34.6. The molecule has 1 aliphatic heterocycles. The molecule has 0 bridgehead atoms. The number of unbranched alkanes of at least 4 members (excludes halogenated alkanes) is 15. The maximum Gasteiger partial charge on any atom is 0.257 e. The van der Waals surface area contributed by atoms with Crippen LogP contribution in [0.1, 0.15) is 133 Å². The second-order valence-corrected chi connectivity index (χ2v) is 15.8. The predicted molar refractivity (Wildman–Crippen MR) is 227 cm³/mol. The van der Waals surface area contributed by atoms with Crippen LogP contribution in [0.4, 0.5) is 22.7 Å². The Morgan fingerprint density at radius 3 is 1.76 bits per heavy atom. The highest BCUT2D eigenvalue weighted by Gasteiger charge is 2.30. The van der Waals surface area contributed by atoms with Crippen molar-refractivity contribution in [1.82, 2.24) is 5.43 Å². The van der Waals surface area contributed by atoms with Crippen LogP contribution in [0, 0.1) is 0 Å². The number of benzene rings is 3. The van der Waals surface area contributed by atoms with E-state index in [0.717, 1.165) is 19.3 Å². The number of amidine groups is 1. The number of aliphatic imine (C=N–C) groups is 1. The van der Waals surface area contributed by atoms with Gasteiger partial charge in [0.05, 0.1) is 37.8 Å². The van der Waals surface area contributed by atoms with Crippen LogP contribution in [0.3, 0.4) is 0 Å². The van der Waals surface area contributed by atoms with Crippen LogP contribution in [0.5, 0.6) is 0 Å². The van der Waals surface area contributed by atoms with E-state index in [9.17, 15) is 14.4 Å². The van der Waals surface area contributed by atoms with E-state index in [1.165, 1.54) is 101 Å². The molecular weight excluding hydrogens is 788 g/mol. The van der Waals surface area contributed by atoms with E-state index in [-0.39, 0.29) is 44.6 Å². The van der Waals surface area contributed by atoms with Gasteiger partial charge in [-0.25, -0.2) is 10.0 Å². The summed E-state index contributed by atoms with van der Waals surface area (Å²) >= 11 is 31.5. The number of nitrogens with one attached hydrogen (secondary N) is 3. The molecule has 0 saturated carbocycles. The number of hydrogen-bond donors (Lipinski definition) is 3. The molecule has 0 unspecified atom stereocenters. The van der Waals surface area contributed by atoms with Crippen LogP contribution < -0.4 is 21.1 Å². The summed E-state index contributed by atoms with van der Waals surface area (Å²) in [7, 11) is 0. The molecule has 1 saturated heterocycles. The van der Waals surface area contributed by atoms with Gasteiger partial charge in [0.25, 0.3) is 11.8 Å². The summed E-state index contributed by atoms with van der Waals surface area (Å²) in [6, 6.07) is 12.5. The molecule has 1 heterocycles. The van der Waals surface area contributed by atoms with Gasteiger partial charge in [-0.2, -0.15) is 0 Å². The van der Waals surface area contributed by atoms with E-state index in [4.69, 9.17) is 58.0 Å². The summed E-state index contributed by atoms with van der Waals surface area (Å²) in [4.78, 5) is 43.3. The number of hydrazine groups is 1. The number of carbonyl (C=O) groups excluding carboxylic acids is 3. The molecule has 292 valence electrons. The normalized spacial score (nSPS) is 13.4. The molecular formula is C41H50Cl5N5O3. The fourth-order valence-corrected chi connectivity index (χ4v) is 7.65. The van der Waals surface area contributed by atoms with E-state index < -0.39 is 5.91 Å². The van der Waals surface area contributed by atoms with Gasteiger partial charge in [-0.05, 0) is 55.0 Å². The summed E-state index contributed by atoms with van der Waals surface area (Å²) < 4.78 is 0. The lowest BCUT2D eigenvalue weighted by Crippen LogP contribution is -2.36. The highest BCUT2D eigenvalue weighted by Crippen LogP contribution is 2.38. The number of anilines is 3. The zero-order chi connectivity index (χ0) is 38.9. The first-order chi connectivity index (χ1) is 26.0. The summed E-state index contributed by atoms with van der Waals surface area (Å²) in [6.45, 7) is 2.26. The van der Waals surface area contributed by atoms with Crippen molar-refractivity contribution in [2.75, 3.05) is 15.6 Å². The molecule has 3 aromatic rings. The van der Waals surface area contributed by atoms with Crippen molar-refractivity contribution in [2.24, 2.45) is 4.99 Å². The van der Waals surface area contributed by atoms with Gasteiger partial charge in [0.2, 0.25) is 5.91 Å². The number of amides is 3. The molecule has 3 aromatic carbocycles. The lowest BCUT2D eigenvalue weighted by Gasteiger charge is -2.19. The Morgan fingerprint density at radius 1 is 0.667 bits per heavy atom. The summed E-state index contributed by atoms with van der Waals surface area (Å²) in [5.74, 6) is -0.638. The van der Waals surface area contributed by atoms with Gasteiger partial charge in [0.15, 0.2) is 0 Å². The van der Waals surface area contributed by atoms with Crippen LogP contribution in [0.25, 0.3) is 0 Å². The van der Waals surface area contributed by atoms with Crippen LogP contribution in [-0.2, 0) is 9.59 Å². The molecule has 3 N–H and O–H groups in total. The van der Waals surface area contributed by atoms with Crippen molar-refractivity contribution in [2.45, 2.75) is 122 Å². The van der Waals surface area contributed by atoms with E-state index in [2.05, 4.69) is 28.0 Å². The fourth-order valence-electron chi connectivity index (χ4n) is 6.30. The first kappa shape index (κ1) is 43.7. The standard InChI is InChI=1S/C41H50Cl5N5O3/c1-2-3-4-5-6-7-8-9-10-11-12-13-14-15-16-17-18-38(52)47-29-19-21-32(43)31(25-29)41(54)48-30-20-22-33(44)36(26-30)49-37-27-39(53)51(50-37)40-34(45)23-28(42)24-35(40)46/h19-26H,2-18,27H2,1H3,(H,47,52)(H,48,54)(H,49,50). The summed E-state index contributed by atoms with van der Waals surface area (Å²) in [5, 5.41) is 8.14. The molecule has 8 nitrogen and oxygen atoms in total. The van der Waals surface area contributed by atoms with Gasteiger partial charge >= 0.3 is 0 Å². The molecule has 4 rings (SSSR count). The fraction of sp³-hybridized carbons (Fsp3) is 0.463. The first-order valence-corrected chi connectivity index (χ1v) is 21.0. The van der Waals surface area contributed by atoms with Gasteiger partial charge in [-0.3, -0.25) is 19.8 Å². The third-order valence-electron chi connectivity index (χ3n) is 9.23. The third kappa shape index (κ3) is 14.2. The van der Waals surface area contributed by atoms with Crippen molar-refractivity contribution in [3.8, 4) is 0 Å². The maximum absolute atomic E-state index is 13.3. The highest BCUT2D eigenvalue weighted by atomic mass is 35.5. The molecule has 54 heavy (non-hydrogen) atoms. The van der Waals surface area contributed by atoms with E-state index >= 15 is 0 Å². The SMILES string of the molecule is CCCCCCCCCCCCCCCCCCC(=O)Nc1ccc(Cl)c(C(=O)Nc2ccc(Cl)c(N=C3CC(=O)N(c4c(Cl)cc(Cl)cc4Cl)N3)c2)c1. The van der Waals surface area contributed by atoms with E-state index in [1.54, 1.807) is 36.4 Å². The summed E-state index contributed by atoms with van der Waals surface area (Å²) in [6.07, 6.45) is 20.8. The van der Waals surface area contributed by atoms with Crippen molar-refractivity contribution in [3.63, 3.8) is 0 Å². The Labute approximate surface area is 344 Å². The second kappa shape index (κ2) is 23.2. The Balaban J connectivity index is 1.19. The van der Waals surface area contributed by atoms with Crippen LogP contribution in [-0.4, -0.2) is 23.6 Å². The molecule has 1 fully saturated rings. The molecule has 0 aliphatic carbocycles. The average molecular weight is 838 g/mol. The van der Waals surface area contributed by atoms with E-state index in [1.807, 2.05) is 0 Å². The number of halogens is 5. The van der Waals surface area contributed by atoms with Gasteiger partial charge in [-0.1, -0.05) is 161 Å². The molecule has 3 amide bonds. The van der Waals surface area contributed by atoms with Crippen molar-refractivity contribution in [1.29, 1.82) is 0 Å². The zero-order valence-electron chi connectivity index (χ0n) is 30.9. The smallest absolute Gasteiger partial charge is 0.257 e. The Hall–Kier alpha value is -3.01. The minimum Gasteiger partial charge on any atom is -0.326 e. The van der Waals surface area contributed by atoms with Crippen LogP contribution in [0.15, 0.2) is 53.5 Å². The van der Waals surface area contributed by atoms with Gasteiger partial charge in [-0.15, -0.1) is 0 Å². The average Bonchev–Trinajstić information content (AvgIpc) is 3.48. The Bertz CT molecular complexity index is 1750. The van der Waals surface area contributed by atoms with Crippen LogP contribution in [0.2, 0.25) is 25.1 Å². The van der Waals surface area contributed by atoms with Gasteiger partial charge < -0.3 is 10.6 Å². The monoisotopic (exact) mass is 835 g/mol. The van der Waals surface area contributed by atoms with E-state index in [0.29, 0.717) is 39.4 Å². The number of carbonyl (C=O) groups is 3. The maximum atomic E-state index is 13.3. The number of hydrogen-bond acceptors (Lipinski definition) is 4. The largest absolute Gasteiger partial charge is 0.326 e. The Morgan fingerprint density at radius 2 is 1.19 bits per heavy atom. The van der Waals surface area contributed by atoms with Crippen molar-refractivity contribution in [3.05, 3.63) is 79.2 Å². The van der Waals surface area contributed by atoms with Crippen molar-refractivity contribution >= 4 is 104 Å². The predicted octanol–water partition coefficient (Wildman–Crippen LogP) is 13.8. The molecule has 0 aromatic heterocycles. The Kier molecular flexibility index (Phi) is 18.7. The number of rotatable bonds is 22. The third-order valence-corrected chi connectivity index (χ3v) is 10.7. The molecule has 13 heteroatoms. The summed E-state index contributed by atoms with van der Waals surface area (Å²) in [5.41, 5.74) is 4.53. The first-order valence-electron chi connectivity index (χ1n) is 19.1. The molecule has 0 spiro atoms. The quantitative estimate of drug-likeness (QED) is 0.0877. The second-order valence-electron chi connectivity index (χ2n) is 13.7. The molecule has 1 aliphatic rings. The molecule has 0 atom stereocenters.